The summed E-state index contributed by atoms with van der Waals surface area (Å²) in [4.78, 5) is 15.7. The molecular formula is C11H17NO3. The van der Waals surface area contributed by atoms with E-state index in [0.717, 1.165) is 0 Å². The van der Waals surface area contributed by atoms with Crippen LogP contribution in [-0.2, 0) is 4.79 Å². The van der Waals surface area contributed by atoms with Crippen LogP contribution in [0, 0.1) is 0 Å². The second kappa shape index (κ2) is 5.66. The highest BCUT2D eigenvalue weighted by Crippen LogP contribution is 2.22. The average molecular weight is 211 g/mol. The van der Waals surface area contributed by atoms with Crippen molar-refractivity contribution in [3.8, 4) is 0 Å². The van der Waals surface area contributed by atoms with Crippen LogP contribution in [0.2, 0.25) is 0 Å². The number of aliphatic imine (C=N–C) groups is 1. The standard InChI is InChI=1S/C11H17NO3/c1-2-8(12-6-7-13)11-9(14)4-3-5-10(11)15/h13-14H,2-7H2,1H3. The zero-order chi connectivity index (χ0) is 11.3. The highest BCUT2D eigenvalue weighted by Gasteiger charge is 2.23. The van der Waals surface area contributed by atoms with E-state index in [2.05, 4.69) is 4.99 Å². The highest BCUT2D eigenvalue weighted by molar-refractivity contribution is 6.23. The van der Waals surface area contributed by atoms with Crippen LogP contribution < -0.4 is 0 Å². The van der Waals surface area contributed by atoms with E-state index < -0.39 is 0 Å². The van der Waals surface area contributed by atoms with Crippen molar-refractivity contribution in [2.45, 2.75) is 32.6 Å². The summed E-state index contributed by atoms with van der Waals surface area (Å²) in [6.07, 6.45) is 2.35. The maximum atomic E-state index is 11.6. The van der Waals surface area contributed by atoms with Crippen LogP contribution in [0.3, 0.4) is 0 Å². The predicted octanol–water partition coefficient (Wildman–Crippen LogP) is 1.39. The fourth-order valence-electron chi connectivity index (χ4n) is 1.71. The Kier molecular flexibility index (Phi) is 4.49. The first-order valence-electron chi connectivity index (χ1n) is 5.30. The molecule has 1 rings (SSSR count). The zero-order valence-corrected chi connectivity index (χ0v) is 8.99. The summed E-state index contributed by atoms with van der Waals surface area (Å²) in [5, 5.41) is 18.3. The van der Waals surface area contributed by atoms with Gasteiger partial charge in [0.05, 0.1) is 18.7 Å². The van der Waals surface area contributed by atoms with E-state index in [1.54, 1.807) is 0 Å². The smallest absolute Gasteiger partial charge is 0.168 e. The lowest BCUT2D eigenvalue weighted by molar-refractivity contribution is -0.115. The van der Waals surface area contributed by atoms with E-state index in [9.17, 15) is 9.90 Å². The van der Waals surface area contributed by atoms with Crippen LogP contribution in [-0.4, -0.2) is 34.9 Å². The molecule has 4 nitrogen and oxygen atoms in total. The molecule has 84 valence electrons. The fraction of sp³-hybridized carbons (Fsp3) is 0.636. The molecule has 0 unspecified atom stereocenters. The SMILES string of the molecule is CCC(=NCCO)C1=C(O)CCCC1=O. The number of ketones is 1. The van der Waals surface area contributed by atoms with Gasteiger partial charge in [0.25, 0.3) is 0 Å². The third-order valence-corrected chi connectivity index (χ3v) is 2.41. The van der Waals surface area contributed by atoms with Gasteiger partial charge in [-0.05, 0) is 12.8 Å². The molecule has 0 aliphatic heterocycles. The number of allylic oxidation sites excluding steroid dienone is 2. The van der Waals surface area contributed by atoms with Crippen LogP contribution >= 0.6 is 0 Å². The van der Waals surface area contributed by atoms with Gasteiger partial charge in [-0.25, -0.2) is 0 Å². The molecule has 0 bridgehead atoms. The molecule has 1 aliphatic carbocycles. The Morgan fingerprint density at radius 3 is 2.73 bits per heavy atom. The van der Waals surface area contributed by atoms with Crippen molar-refractivity contribution < 1.29 is 15.0 Å². The number of nitrogens with zero attached hydrogens (tertiary/aromatic N) is 1. The molecule has 0 aromatic rings. The quantitative estimate of drug-likeness (QED) is 0.690. The molecule has 0 saturated carbocycles. The van der Waals surface area contributed by atoms with Gasteiger partial charge in [-0.3, -0.25) is 9.79 Å². The average Bonchev–Trinajstić information content (AvgIpc) is 2.22. The normalized spacial score (nSPS) is 18.5. The summed E-state index contributed by atoms with van der Waals surface area (Å²) in [6, 6.07) is 0. The molecular weight excluding hydrogens is 194 g/mol. The molecule has 1 aliphatic rings. The Morgan fingerprint density at radius 1 is 1.47 bits per heavy atom. The van der Waals surface area contributed by atoms with Gasteiger partial charge >= 0.3 is 0 Å². The molecule has 0 spiro atoms. The number of rotatable bonds is 4. The number of hydrogen-bond donors (Lipinski definition) is 2. The first-order chi connectivity index (χ1) is 7.20. The Balaban J connectivity index is 2.95. The van der Waals surface area contributed by atoms with Crippen molar-refractivity contribution in [1.29, 1.82) is 0 Å². The third kappa shape index (κ3) is 2.89. The van der Waals surface area contributed by atoms with Gasteiger partial charge in [-0.2, -0.15) is 0 Å². The number of carbonyl (C=O) groups excluding carboxylic acids is 1. The summed E-state index contributed by atoms with van der Waals surface area (Å²) in [5.74, 6) is 0.127. The first kappa shape index (κ1) is 11.9. The van der Waals surface area contributed by atoms with Crippen molar-refractivity contribution in [2.75, 3.05) is 13.2 Å². The molecule has 15 heavy (non-hydrogen) atoms. The number of aliphatic hydroxyl groups excluding tert-OH is 2. The molecule has 0 aromatic carbocycles. The van der Waals surface area contributed by atoms with Crippen LogP contribution in [0.4, 0.5) is 0 Å². The van der Waals surface area contributed by atoms with Gasteiger partial charge in [0.15, 0.2) is 5.78 Å². The van der Waals surface area contributed by atoms with Gasteiger partial charge in [-0.1, -0.05) is 6.92 Å². The summed E-state index contributed by atoms with van der Waals surface area (Å²) >= 11 is 0. The van der Waals surface area contributed by atoms with E-state index in [1.807, 2.05) is 6.92 Å². The van der Waals surface area contributed by atoms with Crippen LogP contribution in [0.1, 0.15) is 32.6 Å². The Morgan fingerprint density at radius 2 is 2.20 bits per heavy atom. The minimum Gasteiger partial charge on any atom is -0.511 e. The predicted molar refractivity (Wildman–Crippen MR) is 58.2 cm³/mol. The lowest BCUT2D eigenvalue weighted by atomic mass is 9.92. The maximum Gasteiger partial charge on any atom is 0.168 e. The first-order valence-corrected chi connectivity index (χ1v) is 5.30. The second-order valence-corrected chi connectivity index (χ2v) is 3.50. The number of carbonyl (C=O) groups is 1. The van der Waals surface area contributed by atoms with Crippen molar-refractivity contribution in [3.63, 3.8) is 0 Å². The minimum atomic E-state index is -0.0360. The Bertz CT molecular complexity index is 305. The number of aliphatic hydroxyl groups is 2. The van der Waals surface area contributed by atoms with Gasteiger partial charge in [-0.15, -0.1) is 0 Å². The number of hydrogen-bond acceptors (Lipinski definition) is 4. The summed E-state index contributed by atoms with van der Waals surface area (Å²) < 4.78 is 0. The molecule has 2 N–H and O–H groups in total. The third-order valence-electron chi connectivity index (χ3n) is 2.41. The monoisotopic (exact) mass is 211 g/mol. The van der Waals surface area contributed by atoms with E-state index in [-0.39, 0.29) is 24.7 Å². The van der Waals surface area contributed by atoms with Gasteiger partial charge in [0.2, 0.25) is 0 Å². The zero-order valence-electron chi connectivity index (χ0n) is 8.99. The topological polar surface area (TPSA) is 69.9 Å². The van der Waals surface area contributed by atoms with Gasteiger partial charge in [0.1, 0.15) is 5.76 Å². The molecule has 0 fully saturated rings. The molecule has 0 heterocycles. The van der Waals surface area contributed by atoms with Crippen LogP contribution in [0.5, 0.6) is 0 Å². The van der Waals surface area contributed by atoms with Gasteiger partial charge < -0.3 is 10.2 Å². The molecule has 0 saturated heterocycles. The Hall–Kier alpha value is -1.16. The maximum absolute atomic E-state index is 11.6. The van der Waals surface area contributed by atoms with E-state index in [1.165, 1.54) is 0 Å². The summed E-state index contributed by atoms with van der Waals surface area (Å²) in [7, 11) is 0. The van der Waals surface area contributed by atoms with Crippen molar-refractivity contribution in [3.05, 3.63) is 11.3 Å². The lowest BCUT2D eigenvalue weighted by Crippen LogP contribution is -2.19. The van der Waals surface area contributed by atoms with Crippen molar-refractivity contribution in [1.82, 2.24) is 0 Å². The molecule has 0 amide bonds. The second-order valence-electron chi connectivity index (χ2n) is 3.50. The Labute approximate surface area is 89.3 Å². The lowest BCUT2D eigenvalue weighted by Gasteiger charge is -2.16. The van der Waals surface area contributed by atoms with Crippen LogP contribution in [0.25, 0.3) is 0 Å². The molecule has 0 atom stereocenters. The summed E-state index contributed by atoms with van der Waals surface area (Å²) in [5.41, 5.74) is 1.00. The van der Waals surface area contributed by atoms with E-state index in [4.69, 9.17) is 5.11 Å². The number of Topliss-reactive ketones (excluding diaryl/α,β-unsaturated/α-hetero) is 1. The van der Waals surface area contributed by atoms with Crippen molar-refractivity contribution in [2.24, 2.45) is 4.99 Å². The van der Waals surface area contributed by atoms with Crippen molar-refractivity contribution >= 4 is 11.5 Å². The molecule has 0 aromatic heterocycles. The van der Waals surface area contributed by atoms with E-state index >= 15 is 0 Å². The van der Waals surface area contributed by atoms with Crippen LogP contribution in [0.15, 0.2) is 16.3 Å². The summed E-state index contributed by atoms with van der Waals surface area (Å²) in [6.45, 7) is 2.14. The minimum absolute atomic E-state index is 0.0303. The largest absolute Gasteiger partial charge is 0.511 e. The van der Waals surface area contributed by atoms with Gasteiger partial charge in [0, 0.05) is 18.6 Å². The molecule has 0 radical (unpaired) electrons. The fourth-order valence-corrected chi connectivity index (χ4v) is 1.71. The molecule has 4 heteroatoms. The van der Waals surface area contributed by atoms with E-state index in [0.29, 0.717) is 37.0 Å². The highest BCUT2D eigenvalue weighted by atomic mass is 16.3.